The Kier molecular flexibility index (Phi) is 4.50. The van der Waals surface area contributed by atoms with Gasteiger partial charge < -0.3 is 10.6 Å². The summed E-state index contributed by atoms with van der Waals surface area (Å²) in [5.74, 6) is 3.30. The van der Waals surface area contributed by atoms with Gasteiger partial charge in [-0.3, -0.25) is 0 Å². The molecule has 2 N–H and O–H groups in total. The molecule has 0 saturated heterocycles. The number of anilines is 2. The maximum atomic E-state index is 6.35. The van der Waals surface area contributed by atoms with E-state index in [1.54, 1.807) is 0 Å². The van der Waals surface area contributed by atoms with Crippen LogP contribution in [-0.4, -0.2) is 27.0 Å². The Hall–Kier alpha value is -1.88. The Morgan fingerprint density at radius 1 is 0.880 bits per heavy atom. The molecule has 2 aliphatic rings. The second-order valence-electron chi connectivity index (χ2n) is 7.33. The molecule has 5 nitrogen and oxygen atoms in total. The predicted octanol–water partition coefficient (Wildman–Crippen LogP) is 4.61. The lowest BCUT2D eigenvalue weighted by molar-refractivity contribution is 0.676. The fraction of sp³-hybridized carbons (Fsp3) is 0.526. The molecule has 2 aromatic rings. The van der Waals surface area contributed by atoms with Crippen LogP contribution in [0.15, 0.2) is 24.3 Å². The van der Waals surface area contributed by atoms with Gasteiger partial charge in [0.15, 0.2) is 5.82 Å². The SMILES string of the molecule is CC(Nc1nc(NC(C)C2CC2)nc(-c2ccccc2Cl)n1)C1CC1. The largest absolute Gasteiger partial charge is 0.351 e. The number of hydrogen-bond donors (Lipinski definition) is 2. The molecule has 4 rings (SSSR count). The van der Waals surface area contributed by atoms with Crippen LogP contribution < -0.4 is 10.6 Å². The van der Waals surface area contributed by atoms with Gasteiger partial charge in [-0.25, -0.2) is 0 Å². The van der Waals surface area contributed by atoms with Gasteiger partial charge in [-0.15, -0.1) is 0 Å². The lowest BCUT2D eigenvalue weighted by Gasteiger charge is -2.17. The number of rotatable bonds is 7. The van der Waals surface area contributed by atoms with Crippen LogP contribution in [0.5, 0.6) is 0 Å². The van der Waals surface area contributed by atoms with E-state index in [2.05, 4.69) is 39.4 Å². The summed E-state index contributed by atoms with van der Waals surface area (Å²) < 4.78 is 0. The summed E-state index contributed by atoms with van der Waals surface area (Å²) in [6.07, 6.45) is 5.11. The molecule has 25 heavy (non-hydrogen) atoms. The second kappa shape index (κ2) is 6.79. The van der Waals surface area contributed by atoms with Crippen LogP contribution in [-0.2, 0) is 0 Å². The van der Waals surface area contributed by atoms with Crippen molar-refractivity contribution in [1.82, 2.24) is 15.0 Å². The summed E-state index contributed by atoms with van der Waals surface area (Å²) in [7, 11) is 0. The Labute approximate surface area is 153 Å². The Balaban J connectivity index is 1.64. The van der Waals surface area contributed by atoms with Crippen LogP contribution in [0, 0.1) is 11.8 Å². The summed E-state index contributed by atoms with van der Waals surface area (Å²) in [6.45, 7) is 4.38. The van der Waals surface area contributed by atoms with E-state index < -0.39 is 0 Å². The average Bonchev–Trinajstić information content (AvgIpc) is 3.48. The van der Waals surface area contributed by atoms with Crippen molar-refractivity contribution >= 4 is 23.5 Å². The monoisotopic (exact) mass is 357 g/mol. The topological polar surface area (TPSA) is 62.7 Å². The maximum Gasteiger partial charge on any atom is 0.228 e. The van der Waals surface area contributed by atoms with Gasteiger partial charge in [0, 0.05) is 17.6 Å². The van der Waals surface area contributed by atoms with E-state index in [4.69, 9.17) is 11.6 Å². The molecule has 1 aromatic carbocycles. The molecule has 2 aliphatic carbocycles. The summed E-state index contributed by atoms with van der Waals surface area (Å²) in [5, 5.41) is 7.54. The molecule has 1 aromatic heterocycles. The van der Waals surface area contributed by atoms with E-state index in [0.29, 0.717) is 34.8 Å². The molecule has 0 aliphatic heterocycles. The molecule has 1 heterocycles. The van der Waals surface area contributed by atoms with Crippen molar-refractivity contribution in [1.29, 1.82) is 0 Å². The molecule has 0 amide bonds. The summed E-state index contributed by atoms with van der Waals surface area (Å²) in [4.78, 5) is 13.9. The zero-order valence-corrected chi connectivity index (χ0v) is 15.4. The van der Waals surface area contributed by atoms with Crippen molar-refractivity contribution in [2.75, 3.05) is 10.6 Å². The molecule has 2 unspecified atom stereocenters. The summed E-state index contributed by atoms with van der Waals surface area (Å²) >= 11 is 6.35. The van der Waals surface area contributed by atoms with Gasteiger partial charge in [-0.2, -0.15) is 15.0 Å². The minimum atomic E-state index is 0.371. The third kappa shape index (κ3) is 4.03. The molecule has 0 bridgehead atoms. The molecule has 0 spiro atoms. The average molecular weight is 358 g/mol. The van der Waals surface area contributed by atoms with Gasteiger partial charge in [0.2, 0.25) is 11.9 Å². The summed E-state index contributed by atoms with van der Waals surface area (Å²) in [5.41, 5.74) is 0.829. The van der Waals surface area contributed by atoms with E-state index >= 15 is 0 Å². The number of hydrogen-bond acceptors (Lipinski definition) is 5. The number of benzene rings is 1. The van der Waals surface area contributed by atoms with Crippen molar-refractivity contribution in [2.24, 2.45) is 11.8 Å². The zero-order valence-electron chi connectivity index (χ0n) is 14.7. The molecule has 2 atom stereocenters. The summed E-state index contributed by atoms with van der Waals surface area (Å²) in [6, 6.07) is 8.41. The van der Waals surface area contributed by atoms with E-state index in [0.717, 1.165) is 17.4 Å². The molecule has 0 radical (unpaired) electrons. The van der Waals surface area contributed by atoms with Crippen LogP contribution in [0.4, 0.5) is 11.9 Å². The zero-order chi connectivity index (χ0) is 17.4. The minimum absolute atomic E-state index is 0.371. The first-order chi connectivity index (χ1) is 12.1. The van der Waals surface area contributed by atoms with Gasteiger partial charge >= 0.3 is 0 Å². The van der Waals surface area contributed by atoms with E-state index in [1.807, 2.05) is 24.3 Å². The van der Waals surface area contributed by atoms with Gasteiger partial charge in [0.1, 0.15) is 0 Å². The van der Waals surface area contributed by atoms with Gasteiger partial charge in [0.05, 0.1) is 5.02 Å². The molecule has 6 heteroatoms. The van der Waals surface area contributed by atoms with Crippen LogP contribution >= 0.6 is 11.6 Å². The highest BCUT2D eigenvalue weighted by Crippen LogP contribution is 2.35. The third-order valence-electron chi connectivity index (χ3n) is 5.12. The standard InChI is InChI=1S/C19H24ClN5/c1-11(13-7-8-13)21-18-23-17(15-5-3-4-6-16(15)20)24-19(25-18)22-12(2)14-9-10-14/h3-6,11-14H,7-10H2,1-2H3,(H2,21,22,23,24,25). The first-order valence-electron chi connectivity index (χ1n) is 9.14. The number of aromatic nitrogens is 3. The van der Waals surface area contributed by atoms with Crippen molar-refractivity contribution in [2.45, 2.75) is 51.6 Å². The molecule has 2 fully saturated rings. The van der Waals surface area contributed by atoms with Crippen molar-refractivity contribution in [3.63, 3.8) is 0 Å². The van der Waals surface area contributed by atoms with Gasteiger partial charge in [-0.1, -0.05) is 23.7 Å². The minimum Gasteiger partial charge on any atom is -0.351 e. The molecule has 132 valence electrons. The Morgan fingerprint density at radius 2 is 1.40 bits per heavy atom. The number of nitrogens with zero attached hydrogens (tertiary/aromatic N) is 3. The highest BCUT2D eigenvalue weighted by Gasteiger charge is 2.30. The molecular weight excluding hydrogens is 334 g/mol. The third-order valence-corrected chi connectivity index (χ3v) is 5.45. The fourth-order valence-corrected chi connectivity index (χ4v) is 3.32. The molecule has 2 saturated carbocycles. The lowest BCUT2D eigenvalue weighted by Crippen LogP contribution is -2.23. The fourth-order valence-electron chi connectivity index (χ4n) is 3.10. The smallest absolute Gasteiger partial charge is 0.228 e. The Morgan fingerprint density at radius 3 is 1.88 bits per heavy atom. The van der Waals surface area contributed by atoms with Gasteiger partial charge in [0.25, 0.3) is 0 Å². The normalized spacial score (nSPS) is 19.3. The Bertz CT molecular complexity index is 719. The number of nitrogens with one attached hydrogen (secondary N) is 2. The van der Waals surface area contributed by atoms with E-state index in [9.17, 15) is 0 Å². The van der Waals surface area contributed by atoms with Crippen LogP contribution in [0.25, 0.3) is 11.4 Å². The van der Waals surface area contributed by atoms with E-state index in [1.165, 1.54) is 25.7 Å². The van der Waals surface area contributed by atoms with Gasteiger partial charge in [-0.05, 0) is 63.5 Å². The van der Waals surface area contributed by atoms with Crippen molar-refractivity contribution < 1.29 is 0 Å². The van der Waals surface area contributed by atoms with Crippen LogP contribution in [0.2, 0.25) is 5.02 Å². The first-order valence-corrected chi connectivity index (χ1v) is 9.52. The molecular formula is C19H24ClN5. The van der Waals surface area contributed by atoms with Crippen LogP contribution in [0.3, 0.4) is 0 Å². The van der Waals surface area contributed by atoms with Crippen molar-refractivity contribution in [3.8, 4) is 11.4 Å². The van der Waals surface area contributed by atoms with Crippen LogP contribution in [0.1, 0.15) is 39.5 Å². The van der Waals surface area contributed by atoms with E-state index in [-0.39, 0.29) is 0 Å². The predicted molar refractivity (Wildman–Crippen MR) is 102 cm³/mol. The second-order valence-corrected chi connectivity index (χ2v) is 7.73. The highest BCUT2D eigenvalue weighted by molar-refractivity contribution is 6.33. The highest BCUT2D eigenvalue weighted by atomic mass is 35.5. The van der Waals surface area contributed by atoms with Crippen molar-refractivity contribution in [3.05, 3.63) is 29.3 Å². The lowest BCUT2D eigenvalue weighted by atomic mass is 10.2. The number of halogens is 1. The quantitative estimate of drug-likeness (QED) is 0.757. The first kappa shape index (κ1) is 16.6. The maximum absolute atomic E-state index is 6.35.